The maximum Gasteiger partial charge on any atom is 0.256 e. The summed E-state index contributed by atoms with van der Waals surface area (Å²) in [4.78, 5) is 12.3. The van der Waals surface area contributed by atoms with Crippen molar-refractivity contribution in [2.75, 3.05) is 0 Å². The fraction of sp³-hybridized carbons (Fsp3) is 0.0667. The third-order valence-electron chi connectivity index (χ3n) is 2.85. The third kappa shape index (κ3) is 3.77. The lowest BCUT2D eigenvalue weighted by molar-refractivity contribution is 0.0947. The molecule has 3 N–H and O–H groups in total. The van der Waals surface area contributed by atoms with Crippen LogP contribution < -0.4 is 11.1 Å². The van der Waals surface area contributed by atoms with Crippen LogP contribution in [0.15, 0.2) is 42.5 Å². The van der Waals surface area contributed by atoms with Crippen LogP contribution in [0.3, 0.4) is 0 Å². The van der Waals surface area contributed by atoms with Gasteiger partial charge >= 0.3 is 0 Å². The van der Waals surface area contributed by atoms with Gasteiger partial charge in [0.2, 0.25) is 0 Å². The van der Waals surface area contributed by atoms with Crippen LogP contribution >= 0.6 is 23.8 Å². The van der Waals surface area contributed by atoms with Crippen LogP contribution in [0.2, 0.25) is 5.02 Å². The van der Waals surface area contributed by atoms with Crippen molar-refractivity contribution in [1.29, 1.82) is 0 Å². The van der Waals surface area contributed by atoms with Crippen LogP contribution in [0.5, 0.6) is 0 Å². The summed E-state index contributed by atoms with van der Waals surface area (Å²) in [5.41, 5.74) is 6.90. The minimum atomic E-state index is -0.656. The van der Waals surface area contributed by atoms with Crippen LogP contribution in [-0.2, 0) is 6.54 Å². The standard InChI is InChI=1S/C15H12ClFN2OS/c16-11-5-2-6-12(17)13(11)15(20)19-8-9-3-1-4-10(7-9)14(18)21/h1-7H,8H2,(H2,18,21)(H,19,20). The minimum Gasteiger partial charge on any atom is -0.389 e. The predicted octanol–water partition coefficient (Wildman–Crippen LogP) is 3.04. The zero-order valence-electron chi connectivity index (χ0n) is 10.9. The molecule has 6 heteroatoms. The van der Waals surface area contributed by atoms with E-state index in [-0.39, 0.29) is 22.1 Å². The van der Waals surface area contributed by atoms with E-state index in [2.05, 4.69) is 5.32 Å². The molecule has 0 heterocycles. The Balaban J connectivity index is 2.11. The number of hydrogen-bond donors (Lipinski definition) is 2. The smallest absolute Gasteiger partial charge is 0.256 e. The van der Waals surface area contributed by atoms with Crippen molar-refractivity contribution >= 4 is 34.7 Å². The van der Waals surface area contributed by atoms with Crippen LogP contribution in [0.1, 0.15) is 21.5 Å². The first kappa shape index (κ1) is 15.4. The summed E-state index contributed by atoms with van der Waals surface area (Å²) in [6.45, 7) is 0.222. The molecule has 2 aromatic carbocycles. The van der Waals surface area contributed by atoms with Gasteiger partial charge in [-0.1, -0.05) is 48.1 Å². The summed E-state index contributed by atoms with van der Waals surface area (Å²) in [6, 6.07) is 11.2. The molecule has 0 saturated carbocycles. The molecule has 1 amide bonds. The maximum atomic E-state index is 13.6. The van der Waals surface area contributed by atoms with Crippen molar-refractivity contribution in [3.05, 3.63) is 70.0 Å². The molecule has 0 aliphatic rings. The Hall–Kier alpha value is -1.98. The van der Waals surface area contributed by atoms with E-state index >= 15 is 0 Å². The monoisotopic (exact) mass is 322 g/mol. The van der Waals surface area contributed by atoms with Crippen LogP contribution in [0.4, 0.5) is 4.39 Å². The van der Waals surface area contributed by atoms with Crippen LogP contribution in [0.25, 0.3) is 0 Å². The van der Waals surface area contributed by atoms with Gasteiger partial charge in [0.1, 0.15) is 10.8 Å². The molecule has 3 nitrogen and oxygen atoms in total. The van der Waals surface area contributed by atoms with Gasteiger partial charge in [-0.3, -0.25) is 4.79 Å². The van der Waals surface area contributed by atoms with Crippen molar-refractivity contribution in [2.45, 2.75) is 6.54 Å². The minimum absolute atomic E-state index is 0.0735. The summed E-state index contributed by atoms with van der Waals surface area (Å²) < 4.78 is 13.6. The largest absolute Gasteiger partial charge is 0.389 e. The van der Waals surface area contributed by atoms with Crippen molar-refractivity contribution in [3.8, 4) is 0 Å². The van der Waals surface area contributed by atoms with Crippen LogP contribution in [-0.4, -0.2) is 10.9 Å². The second kappa shape index (κ2) is 6.65. The third-order valence-corrected chi connectivity index (χ3v) is 3.41. The molecule has 108 valence electrons. The van der Waals surface area contributed by atoms with Gasteiger partial charge in [0, 0.05) is 12.1 Å². The normalized spacial score (nSPS) is 10.2. The molecule has 0 saturated heterocycles. The molecule has 2 aromatic rings. The number of halogens is 2. The van der Waals surface area contributed by atoms with Crippen molar-refractivity contribution in [3.63, 3.8) is 0 Å². The molecular weight excluding hydrogens is 311 g/mol. The second-order valence-corrected chi connectivity index (χ2v) is 5.19. The number of benzene rings is 2. The molecule has 0 spiro atoms. The molecule has 0 aromatic heterocycles. The van der Waals surface area contributed by atoms with Gasteiger partial charge in [-0.2, -0.15) is 0 Å². The van der Waals surface area contributed by atoms with E-state index in [1.807, 2.05) is 6.07 Å². The lowest BCUT2D eigenvalue weighted by Crippen LogP contribution is -2.24. The zero-order valence-corrected chi connectivity index (χ0v) is 12.5. The summed E-state index contributed by atoms with van der Waals surface area (Å²) >= 11 is 10.7. The predicted molar refractivity (Wildman–Crippen MR) is 84.9 cm³/mol. The molecule has 0 bridgehead atoms. The van der Waals surface area contributed by atoms with E-state index in [0.717, 1.165) is 5.56 Å². The van der Waals surface area contributed by atoms with E-state index < -0.39 is 11.7 Å². The van der Waals surface area contributed by atoms with Gasteiger partial charge in [0.05, 0.1) is 10.6 Å². The molecule has 21 heavy (non-hydrogen) atoms. The average molecular weight is 323 g/mol. The number of rotatable bonds is 4. The first-order valence-electron chi connectivity index (χ1n) is 6.10. The molecule has 0 fully saturated rings. The quantitative estimate of drug-likeness (QED) is 0.851. The molecule has 2 rings (SSSR count). The number of hydrogen-bond acceptors (Lipinski definition) is 2. The Kier molecular flexibility index (Phi) is 4.88. The molecule has 0 unspecified atom stereocenters. The van der Waals surface area contributed by atoms with Gasteiger partial charge in [-0.05, 0) is 23.8 Å². The SMILES string of the molecule is NC(=S)c1cccc(CNC(=O)c2c(F)cccc2Cl)c1. The Morgan fingerprint density at radius 1 is 1.29 bits per heavy atom. The highest BCUT2D eigenvalue weighted by atomic mass is 35.5. The Morgan fingerprint density at radius 2 is 2.00 bits per heavy atom. The Morgan fingerprint density at radius 3 is 2.67 bits per heavy atom. The van der Waals surface area contributed by atoms with Gasteiger partial charge < -0.3 is 11.1 Å². The molecular formula is C15H12ClFN2OS. The van der Waals surface area contributed by atoms with Crippen molar-refractivity contribution < 1.29 is 9.18 Å². The summed E-state index contributed by atoms with van der Waals surface area (Å²) in [5, 5.41) is 2.69. The molecule has 0 atom stereocenters. The zero-order chi connectivity index (χ0) is 15.4. The summed E-state index contributed by atoms with van der Waals surface area (Å²) in [6.07, 6.45) is 0. The highest BCUT2D eigenvalue weighted by molar-refractivity contribution is 7.80. The first-order chi connectivity index (χ1) is 9.99. The Labute approximate surface area is 131 Å². The van der Waals surface area contributed by atoms with E-state index in [1.54, 1.807) is 18.2 Å². The lowest BCUT2D eigenvalue weighted by atomic mass is 10.1. The molecule has 0 radical (unpaired) electrons. The van der Waals surface area contributed by atoms with Gasteiger partial charge in [-0.15, -0.1) is 0 Å². The number of carbonyl (C=O) groups is 1. The number of nitrogens with two attached hydrogens (primary N) is 1. The number of amides is 1. The highest BCUT2D eigenvalue weighted by Crippen LogP contribution is 2.18. The van der Waals surface area contributed by atoms with Crippen molar-refractivity contribution in [2.24, 2.45) is 5.73 Å². The van der Waals surface area contributed by atoms with E-state index in [4.69, 9.17) is 29.6 Å². The summed E-state index contributed by atoms with van der Waals surface area (Å²) in [5.74, 6) is -1.23. The Bertz CT molecular complexity index is 686. The summed E-state index contributed by atoms with van der Waals surface area (Å²) in [7, 11) is 0. The topological polar surface area (TPSA) is 55.1 Å². The van der Waals surface area contributed by atoms with Gasteiger partial charge in [-0.25, -0.2) is 4.39 Å². The van der Waals surface area contributed by atoms with Gasteiger partial charge in [0.15, 0.2) is 0 Å². The van der Waals surface area contributed by atoms with Gasteiger partial charge in [0.25, 0.3) is 5.91 Å². The second-order valence-electron chi connectivity index (χ2n) is 4.34. The highest BCUT2D eigenvalue weighted by Gasteiger charge is 2.15. The fourth-order valence-corrected chi connectivity index (χ4v) is 2.20. The van der Waals surface area contributed by atoms with Crippen LogP contribution in [0, 0.1) is 5.82 Å². The van der Waals surface area contributed by atoms with E-state index in [1.165, 1.54) is 18.2 Å². The fourth-order valence-electron chi connectivity index (χ4n) is 1.82. The number of carbonyl (C=O) groups excluding carboxylic acids is 1. The van der Waals surface area contributed by atoms with Crippen molar-refractivity contribution in [1.82, 2.24) is 5.32 Å². The van der Waals surface area contributed by atoms with E-state index in [9.17, 15) is 9.18 Å². The molecule has 0 aliphatic heterocycles. The van der Waals surface area contributed by atoms with E-state index in [0.29, 0.717) is 5.56 Å². The lowest BCUT2D eigenvalue weighted by Gasteiger charge is -2.08. The average Bonchev–Trinajstić information content (AvgIpc) is 2.45. The molecule has 0 aliphatic carbocycles. The first-order valence-corrected chi connectivity index (χ1v) is 6.88. The number of nitrogens with one attached hydrogen (secondary N) is 1. The number of thiocarbonyl (C=S) groups is 1. The maximum absolute atomic E-state index is 13.6.